The Morgan fingerprint density at radius 1 is 0.783 bits per heavy atom. The molecule has 0 saturated carbocycles. The molecule has 2 N–H and O–H groups in total. The van der Waals surface area contributed by atoms with Crippen LogP contribution in [-0.2, 0) is 0 Å². The molecule has 1 heterocycles. The van der Waals surface area contributed by atoms with Crippen molar-refractivity contribution in [3.8, 4) is 0 Å². The Morgan fingerprint density at radius 2 is 1.48 bits per heavy atom. The lowest BCUT2D eigenvalue weighted by molar-refractivity contribution is 0.590. The minimum atomic E-state index is -0.771. The fourth-order valence-corrected chi connectivity index (χ4v) is 1.85. The van der Waals surface area contributed by atoms with Crippen LogP contribution in [0, 0.1) is 17.5 Å². The summed E-state index contributed by atoms with van der Waals surface area (Å²) in [4.78, 5) is 3.99. The first kappa shape index (κ1) is 14.8. The van der Waals surface area contributed by atoms with Crippen LogP contribution in [0.15, 0.2) is 48.7 Å². The molecule has 0 radical (unpaired) electrons. The van der Waals surface area contributed by atoms with Gasteiger partial charge < -0.3 is 10.6 Å². The summed E-state index contributed by atoms with van der Waals surface area (Å²) in [6.07, 6.45) is 1.19. The lowest BCUT2D eigenvalue weighted by Gasteiger charge is -2.09. The highest BCUT2D eigenvalue weighted by molar-refractivity contribution is 5.59. The van der Waals surface area contributed by atoms with E-state index in [4.69, 9.17) is 0 Å². The molecule has 0 fully saturated rings. The van der Waals surface area contributed by atoms with Crippen molar-refractivity contribution in [2.24, 2.45) is 0 Å². The van der Waals surface area contributed by atoms with Crippen LogP contribution in [0.5, 0.6) is 0 Å². The summed E-state index contributed by atoms with van der Waals surface area (Å²) in [7, 11) is 0. The number of halogens is 3. The average molecular weight is 317 g/mol. The van der Waals surface area contributed by atoms with Gasteiger partial charge in [-0.05, 0) is 24.3 Å². The third-order valence-electron chi connectivity index (χ3n) is 2.89. The van der Waals surface area contributed by atoms with Crippen LogP contribution in [0.1, 0.15) is 0 Å². The van der Waals surface area contributed by atoms with Crippen LogP contribution in [0.3, 0.4) is 0 Å². The van der Waals surface area contributed by atoms with E-state index in [0.29, 0.717) is 0 Å². The van der Waals surface area contributed by atoms with E-state index >= 15 is 0 Å². The van der Waals surface area contributed by atoms with Crippen LogP contribution in [0.25, 0.3) is 0 Å². The smallest absolute Gasteiger partial charge is 0.249 e. The van der Waals surface area contributed by atoms with Crippen molar-refractivity contribution in [2.45, 2.75) is 0 Å². The van der Waals surface area contributed by atoms with Crippen LogP contribution < -0.4 is 10.6 Å². The van der Waals surface area contributed by atoms with Gasteiger partial charge in [0.2, 0.25) is 5.95 Å². The van der Waals surface area contributed by atoms with E-state index in [1.165, 1.54) is 24.4 Å². The van der Waals surface area contributed by atoms with Crippen molar-refractivity contribution >= 4 is 23.1 Å². The third kappa shape index (κ3) is 3.37. The number of benzene rings is 2. The Kier molecular flexibility index (Phi) is 4.05. The Morgan fingerprint density at radius 3 is 2.22 bits per heavy atom. The molecular formula is C15H10F3N5. The molecule has 5 nitrogen and oxygen atoms in total. The van der Waals surface area contributed by atoms with Gasteiger partial charge in [-0.1, -0.05) is 18.2 Å². The van der Waals surface area contributed by atoms with E-state index in [1.807, 2.05) is 0 Å². The molecule has 2 aromatic carbocycles. The maximum Gasteiger partial charge on any atom is 0.249 e. The second kappa shape index (κ2) is 6.30. The molecule has 0 aliphatic carbocycles. The fourth-order valence-electron chi connectivity index (χ4n) is 1.85. The quantitative estimate of drug-likeness (QED) is 0.767. The predicted octanol–water partition coefficient (Wildman–Crippen LogP) is 3.78. The number of anilines is 4. The van der Waals surface area contributed by atoms with E-state index in [9.17, 15) is 13.2 Å². The van der Waals surface area contributed by atoms with Crippen molar-refractivity contribution in [2.75, 3.05) is 10.6 Å². The van der Waals surface area contributed by atoms with Crippen molar-refractivity contribution in [3.63, 3.8) is 0 Å². The molecule has 0 amide bonds. The SMILES string of the molecule is Fc1ccccc1Nc1nncc(Nc2c(F)cccc2F)n1. The summed E-state index contributed by atoms with van der Waals surface area (Å²) in [6.45, 7) is 0. The summed E-state index contributed by atoms with van der Waals surface area (Å²) in [5.74, 6) is -1.99. The minimum Gasteiger partial charge on any atom is -0.334 e. The Hall–Kier alpha value is -3.16. The molecule has 0 bridgehead atoms. The van der Waals surface area contributed by atoms with E-state index in [-0.39, 0.29) is 23.1 Å². The molecule has 0 saturated heterocycles. The van der Waals surface area contributed by atoms with E-state index < -0.39 is 17.5 Å². The van der Waals surface area contributed by atoms with Gasteiger partial charge in [-0.25, -0.2) is 13.2 Å². The fraction of sp³-hybridized carbons (Fsp3) is 0. The van der Waals surface area contributed by atoms with E-state index in [2.05, 4.69) is 25.8 Å². The minimum absolute atomic E-state index is 0.0168. The van der Waals surface area contributed by atoms with Gasteiger partial charge in [0.25, 0.3) is 0 Å². The normalized spacial score (nSPS) is 10.4. The van der Waals surface area contributed by atoms with Gasteiger partial charge in [0.1, 0.15) is 23.1 Å². The number of para-hydroxylation sites is 2. The summed E-state index contributed by atoms with van der Waals surface area (Å²) < 4.78 is 40.8. The summed E-state index contributed by atoms with van der Waals surface area (Å²) in [5, 5.41) is 12.5. The molecule has 3 aromatic rings. The van der Waals surface area contributed by atoms with Gasteiger partial charge in [-0.2, -0.15) is 10.1 Å². The van der Waals surface area contributed by atoms with Gasteiger partial charge >= 0.3 is 0 Å². The lowest BCUT2D eigenvalue weighted by atomic mass is 10.3. The average Bonchev–Trinajstić information content (AvgIpc) is 2.54. The number of rotatable bonds is 4. The highest BCUT2D eigenvalue weighted by Gasteiger charge is 2.10. The molecule has 1 aromatic heterocycles. The summed E-state index contributed by atoms with van der Waals surface area (Å²) in [6, 6.07) is 9.41. The van der Waals surface area contributed by atoms with Crippen LogP contribution in [-0.4, -0.2) is 15.2 Å². The van der Waals surface area contributed by atoms with Crippen molar-refractivity contribution in [3.05, 3.63) is 66.1 Å². The van der Waals surface area contributed by atoms with Gasteiger partial charge in [-0.15, -0.1) is 5.10 Å². The second-order valence-electron chi connectivity index (χ2n) is 4.49. The zero-order chi connectivity index (χ0) is 16.2. The number of nitrogens with one attached hydrogen (secondary N) is 2. The Labute approximate surface area is 129 Å². The number of nitrogens with zero attached hydrogens (tertiary/aromatic N) is 3. The molecule has 0 aliphatic rings. The van der Waals surface area contributed by atoms with Gasteiger partial charge in [0.05, 0.1) is 11.9 Å². The molecule has 8 heteroatoms. The molecule has 3 rings (SSSR count). The number of hydrogen-bond donors (Lipinski definition) is 2. The van der Waals surface area contributed by atoms with Gasteiger partial charge in [-0.3, -0.25) is 0 Å². The Bertz CT molecular complexity index is 821. The van der Waals surface area contributed by atoms with Crippen molar-refractivity contribution in [1.29, 1.82) is 0 Å². The number of aromatic nitrogens is 3. The maximum absolute atomic E-state index is 13.6. The highest BCUT2D eigenvalue weighted by atomic mass is 19.1. The van der Waals surface area contributed by atoms with Crippen LogP contribution in [0.2, 0.25) is 0 Å². The molecule has 23 heavy (non-hydrogen) atoms. The maximum atomic E-state index is 13.6. The lowest BCUT2D eigenvalue weighted by Crippen LogP contribution is -2.05. The summed E-state index contributed by atoms with van der Waals surface area (Å²) in [5.41, 5.74) is -0.201. The molecule has 116 valence electrons. The van der Waals surface area contributed by atoms with E-state index in [0.717, 1.165) is 12.1 Å². The summed E-state index contributed by atoms with van der Waals surface area (Å²) >= 11 is 0. The van der Waals surface area contributed by atoms with E-state index in [1.54, 1.807) is 12.1 Å². The molecule has 0 aliphatic heterocycles. The first-order valence-electron chi connectivity index (χ1n) is 6.56. The molecule has 0 unspecified atom stereocenters. The largest absolute Gasteiger partial charge is 0.334 e. The first-order valence-corrected chi connectivity index (χ1v) is 6.56. The standard InChI is InChI=1S/C15H10F3N5/c16-9-4-1-2-7-12(9)20-15-22-13(8-19-23-15)21-14-10(17)5-3-6-11(14)18/h1-8H,(H2,20,21,22,23). The van der Waals surface area contributed by atoms with Crippen LogP contribution in [0.4, 0.5) is 36.3 Å². The van der Waals surface area contributed by atoms with Gasteiger partial charge in [0.15, 0.2) is 5.82 Å². The van der Waals surface area contributed by atoms with Crippen molar-refractivity contribution < 1.29 is 13.2 Å². The number of hydrogen-bond acceptors (Lipinski definition) is 5. The molecule has 0 atom stereocenters. The molecule has 0 spiro atoms. The first-order chi connectivity index (χ1) is 11.1. The zero-order valence-corrected chi connectivity index (χ0v) is 11.6. The monoisotopic (exact) mass is 317 g/mol. The second-order valence-corrected chi connectivity index (χ2v) is 4.49. The third-order valence-corrected chi connectivity index (χ3v) is 2.89. The zero-order valence-electron chi connectivity index (χ0n) is 11.6. The topological polar surface area (TPSA) is 62.7 Å². The van der Waals surface area contributed by atoms with Gasteiger partial charge in [0, 0.05) is 0 Å². The predicted molar refractivity (Wildman–Crippen MR) is 79.2 cm³/mol. The van der Waals surface area contributed by atoms with Crippen LogP contribution >= 0.6 is 0 Å². The highest BCUT2D eigenvalue weighted by Crippen LogP contribution is 2.22. The molecular weight excluding hydrogens is 307 g/mol. The Balaban J connectivity index is 1.84. The van der Waals surface area contributed by atoms with Crippen molar-refractivity contribution in [1.82, 2.24) is 15.2 Å².